The Morgan fingerprint density at radius 2 is 1.68 bits per heavy atom. The van der Waals surface area contributed by atoms with E-state index in [1.54, 1.807) is 6.26 Å². The fraction of sp³-hybridized carbons (Fsp3) is 0.391. The third kappa shape index (κ3) is 3.34. The van der Waals surface area contributed by atoms with E-state index in [-0.39, 0.29) is 0 Å². The summed E-state index contributed by atoms with van der Waals surface area (Å²) in [6, 6.07) is 14.3. The summed E-state index contributed by atoms with van der Waals surface area (Å²) >= 11 is 0. The molecule has 146 valence electrons. The van der Waals surface area contributed by atoms with Gasteiger partial charge in [-0.15, -0.1) is 0 Å². The molecule has 0 bridgehead atoms. The first-order valence-corrected chi connectivity index (χ1v) is 9.87. The van der Waals surface area contributed by atoms with Crippen molar-refractivity contribution in [3.63, 3.8) is 0 Å². The van der Waals surface area contributed by atoms with Crippen LogP contribution in [0.4, 0.5) is 0 Å². The third-order valence-corrected chi connectivity index (χ3v) is 5.89. The molecule has 1 aliphatic rings. The SMILES string of the molecule is CCc1ccccc1OCc1cc(B2OC(C)(C)C(C)(C)O2)c2occc2c1. The zero-order valence-electron chi connectivity index (χ0n) is 17.2. The second kappa shape index (κ2) is 6.98. The second-order valence-electron chi connectivity index (χ2n) is 8.36. The van der Waals surface area contributed by atoms with Crippen LogP contribution in [-0.4, -0.2) is 18.3 Å². The number of rotatable bonds is 5. The maximum absolute atomic E-state index is 6.26. The summed E-state index contributed by atoms with van der Waals surface area (Å²) < 4.78 is 24.4. The maximum Gasteiger partial charge on any atom is 0.498 e. The van der Waals surface area contributed by atoms with E-state index in [4.69, 9.17) is 18.5 Å². The lowest BCUT2D eigenvalue weighted by Gasteiger charge is -2.32. The van der Waals surface area contributed by atoms with Crippen molar-refractivity contribution in [2.24, 2.45) is 0 Å². The minimum Gasteiger partial charge on any atom is -0.489 e. The van der Waals surface area contributed by atoms with E-state index in [1.807, 2.05) is 24.3 Å². The predicted octanol–water partition coefficient (Wildman–Crippen LogP) is 4.87. The normalized spacial score (nSPS) is 18.0. The Kier molecular flexibility index (Phi) is 4.76. The van der Waals surface area contributed by atoms with E-state index in [9.17, 15) is 0 Å². The van der Waals surface area contributed by atoms with Crippen molar-refractivity contribution in [1.29, 1.82) is 0 Å². The Morgan fingerprint density at radius 3 is 2.39 bits per heavy atom. The van der Waals surface area contributed by atoms with Gasteiger partial charge in [0.1, 0.15) is 17.9 Å². The smallest absolute Gasteiger partial charge is 0.489 e. The van der Waals surface area contributed by atoms with Crippen molar-refractivity contribution in [2.75, 3.05) is 0 Å². The molecule has 2 heterocycles. The van der Waals surface area contributed by atoms with Crippen LogP contribution in [-0.2, 0) is 22.3 Å². The van der Waals surface area contributed by atoms with Gasteiger partial charge in [0.25, 0.3) is 0 Å². The minimum absolute atomic E-state index is 0.400. The van der Waals surface area contributed by atoms with Crippen molar-refractivity contribution < 1.29 is 18.5 Å². The molecular weight excluding hydrogens is 351 g/mol. The molecule has 0 unspecified atom stereocenters. The van der Waals surface area contributed by atoms with Gasteiger partial charge < -0.3 is 18.5 Å². The summed E-state index contributed by atoms with van der Waals surface area (Å²) in [6.45, 7) is 10.8. The highest BCUT2D eigenvalue weighted by Crippen LogP contribution is 2.37. The number of fused-ring (bicyclic) bond motifs is 1. The van der Waals surface area contributed by atoms with Crippen LogP contribution < -0.4 is 10.2 Å². The molecule has 1 aromatic heterocycles. The van der Waals surface area contributed by atoms with E-state index in [0.29, 0.717) is 6.61 Å². The highest BCUT2D eigenvalue weighted by atomic mass is 16.7. The molecule has 0 N–H and O–H groups in total. The highest BCUT2D eigenvalue weighted by Gasteiger charge is 2.52. The summed E-state index contributed by atoms with van der Waals surface area (Å²) in [7, 11) is -0.471. The average Bonchev–Trinajstić information content (AvgIpc) is 3.21. The molecule has 1 saturated heterocycles. The fourth-order valence-corrected chi connectivity index (χ4v) is 3.50. The highest BCUT2D eigenvalue weighted by molar-refractivity contribution is 6.64. The number of para-hydroxylation sites is 1. The van der Waals surface area contributed by atoms with E-state index in [2.05, 4.69) is 52.8 Å². The molecule has 4 rings (SSSR count). The van der Waals surface area contributed by atoms with Gasteiger partial charge in [0.2, 0.25) is 0 Å². The van der Waals surface area contributed by atoms with Crippen LogP contribution in [0.1, 0.15) is 45.7 Å². The Balaban J connectivity index is 1.65. The molecule has 0 spiro atoms. The molecule has 1 aliphatic heterocycles. The predicted molar refractivity (Wildman–Crippen MR) is 112 cm³/mol. The Labute approximate surface area is 166 Å². The largest absolute Gasteiger partial charge is 0.498 e. The van der Waals surface area contributed by atoms with Gasteiger partial charge in [-0.2, -0.15) is 0 Å². The van der Waals surface area contributed by atoms with Gasteiger partial charge in [-0.25, -0.2) is 0 Å². The lowest BCUT2D eigenvalue weighted by Crippen LogP contribution is -2.41. The summed E-state index contributed by atoms with van der Waals surface area (Å²) in [5.41, 5.74) is 3.18. The monoisotopic (exact) mass is 378 g/mol. The lowest BCUT2D eigenvalue weighted by atomic mass is 9.77. The molecule has 28 heavy (non-hydrogen) atoms. The van der Waals surface area contributed by atoms with Gasteiger partial charge in [0.05, 0.1) is 17.5 Å². The lowest BCUT2D eigenvalue weighted by molar-refractivity contribution is 0.00578. The Morgan fingerprint density at radius 1 is 0.964 bits per heavy atom. The van der Waals surface area contributed by atoms with Crippen LogP contribution in [0.15, 0.2) is 53.1 Å². The zero-order chi connectivity index (χ0) is 19.9. The third-order valence-electron chi connectivity index (χ3n) is 5.89. The first-order chi connectivity index (χ1) is 13.3. The van der Waals surface area contributed by atoms with Crippen molar-refractivity contribution in [1.82, 2.24) is 0 Å². The van der Waals surface area contributed by atoms with Gasteiger partial charge in [-0.1, -0.05) is 31.2 Å². The topological polar surface area (TPSA) is 40.8 Å². The second-order valence-corrected chi connectivity index (χ2v) is 8.36. The molecule has 0 saturated carbocycles. The number of hydrogen-bond acceptors (Lipinski definition) is 4. The van der Waals surface area contributed by atoms with Crippen LogP contribution >= 0.6 is 0 Å². The van der Waals surface area contributed by atoms with Crippen molar-refractivity contribution in [3.05, 3.63) is 59.9 Å². The van der Waals surface area contributed by atoms with E-state index >= 15 is 0 Å². The van der Waals surface area contributed by atoms with Crippen molar-refractivity contribution in [3.8, 4) is 5.75 Å². The van der Waals surface area contributed by atoms with Crippen LogP contribution in [0.5, 0.6) is 5.75 Å². The summed E-state index contributed by atoms with van der Waals surface area (Å²) in [4.78, 5) is 0. The quantitative estimate of drug-likeness (QED) is 0.594. The summed E-state index contributed by atoms with van der Waals surface area (Å²) in [5, 5.41) is 1.02. The zero-order valence-corrected chi connectivity index (χ0v) is 17.2. The molecule has 0 amide bonds. The molecule has 1 fully saturated rings. The molecule has 4 nitrogen and oxygen atoms in total. The minimum atomic E-state index is -0.471. The van der Waals surface area contributed by atoms with Crippen molar-refractivity contribution >= 4 is 23.6 Å². The van der Waals surface area contributed by atoms with E-state index in [0.717, 1.165) is 34.2 Å². The Bertz CT molecular complexity index is 973. The van der Waals surface area contributed by atoms with E-state index in [1.165, 1.54) is 5.56 Å². The molecule has 0 radical (unpaired) electrons. The van der Waals surface area contributed by atoms with Crippen molar-refractivity contribution in [2.45, 2.75) is 58.8 Å². The number of hydrogen-bond donors (Lipinski definition) is 0. The van der Waals surface area contributed by atoms with E-state index < -0.39 is 18.3 Å². The number of furan rings is 1. The standard InChI is InChI=1S/C23H27BO4/c1-6-17-9-7-8-10-20(17)26-15-16-13-18-11-12-25-21(18)19(14-16)24-27-22(2,3)23(4,5)28-24/h7-14H,6,15H2,1-5H3. The van der Waals surface area contributed by atoms with Gasteiger partial charge >= 0.3 is 7.12 Å². The number of aryl methyl sites for hydroxylation is 1. The fourth-order valence-electron chi connectivity index (χ4n) is 3.50. The number of ether oxygens (including phenoxy) is 1. The molecular formula is C23H27BO4. The van der Waals surface area contributed by atoms with Crippen LogP contribution in [0.3, 0.4) is 0 Å². The molecule has 5 heteroatoms. The molecule has 2 aromatic carbocycles. The number of benzene rings is 2. The van der Waals surface area contributed by atoms with Gasteiger partial charge in [-0.05, 0) is 63.4 Å². The average molecular weight is 378 g/mol. The summed E-state index contributed by atoms with van der Waals surface area (Å²) in [5.74, 6) is 0.925. The molecule has 0 atom stereocenters. The van der Waals surface area contributed by atoms with Crippen LogP contribution in [0, 0.1) is 0 Å². The Hall–Kier alpha value is -2.24. The van der Waals surface area contributed by atoms with Gasteiger partial charge in [0, 0.05) is 10.8 Å². The molecule has 3 aromatic rings. The van der Waals surface area contributed by atoms with Gasteiger partial charge in [-0.3, -0.25) is 0 Å². The first-order valence-electron chi connectivity index (χ1n) is 9.87. The van der Waals surface area contributed by atoms with Gasteiger partial charge in [0.15, 0.2) is 0 Å². The summed E-state index contributed by atoms with van der Waals surface area (Å²) in [6.07, 6.45) is 2.65. The maximum atomic E-state index is 6.26. The van der Waals surface area contributed by atoms with Crippen LogP contribution in [0.2, 0.25) is 0 Å². The van der Waals surface area contributed by atoms with Crippen LogP contribution in [0.25, 0.3) is 11.0 Å². The molecule has 0 aliphatic carbocycles. The first kappa shape index (κ1) is 19.1.